The van der Waals surface area contributed by atoms with Crippen molar-refractivity contribution in [3.8, 4) is 5.75 Å². The molecule has 0 unspecified atom stereocenters. The number of halogens is 2. The number of anilines is 1. The summed E-state index contributed by atoms with van der Waals surface area (Å²) < 4.78 is 29.3. The molecule has 1 aromatic carbocycles. The van der Waals surface area contributed by atoms with Crippen LogP contribution in [0.25, 0.3) is 0 Å². The molecule has 7 nitrogen and oxygen atoms in total. The van der Waals surface area contributed by atoms with E-state index in [1.54, 1.807) is 18.2 Å². The van der Waals surface area contributed by atoms with Gasteiger partial charge in [0.1, 0.15) is 5.75 Å². The smallest absolute Gasteiger partial charge is 0.387 e. The first-order chi connectivity index (χ1) is 13.0. The van der Waals surface area contributed by atoms with Gasteiger partial charge in [-0.1, -0.05) is 18.2 Å². The highest BCUT2D eigenvalue weighted by molar-refractivity contribution is 5.93. The third-order valence-electron chi connectivity index (χ3n) is 4.02. The molecule has 0 spiro atoms. The van der Waals surface area contributed by atoms with E-state index in [9.17, 15) is 18.4 Å². The Hall–Kier alpha value is -2.52. The van der Waals surface area contributed by atoms with Crippen molar-refractivity contribution in [2.75, 3.05) is 51.1 Å². The quantitative estimate of drug-likeness (QED) is 0.627. The number of ether oxygens (including phenoxy) is 1. The molecule has 2 N–H and O–H groups in total. The van der Waals surface area contributed by atoms with Crippen molar-refractivity contribution in [3.63, 3.8) is 0 Å². The minimum absolute atomic E-state index is 0.0586. The Morgan fingerprint density at radius 2 is 1.70 bits per heavy atom. The van der Waals surface area contributed by atoms with E-state index in [2.05, 4.69) is 21.9 Å². The summed E-state index contributed by atoms with van der Waals surface area (Å²) in [5, 5.41) is 5.33. The molecule has 1 aliphatic rings. The van der Waals surface area contributed by atoms with Crippen molar-refractivity contribution in [2.24, 2.45) is 0 Å². The second-order valence-corrected chi connectivity index (χ2v) is 6.07. The number of benzene rings is 1. The van der Waals surface area contributed by atoms with Crippen LogP contribution in [0.1, 0.15) is 0 Å². The molecule has 0 aromatic heterocycles. The standard InChI is InChI=1S/C18H24F2N4O3/c1-2-7-21-16(25)12-23-8-10-24(11-9-23)13-17(26)22-14-5-3-4-6-15(14)27-18(19)20/h2-6,18H,1,7-13H2,(H,21,25)(H,22,26). The second kappa shape index (κ2) is 10.6. The zero-order chi connectivity index (χ0) is 19.6. The number of rotatable bonds is 9. The lowest BCUT2D eigenvalue weighted by molar-refractivity contribution is -0.123. The summed E-state index contributed by atoms with van der Waals surface area (Å²) >= 11 is 0. The monoisotopic (exact) mass is 382 g/mol. The van der Waals surface area contributed by atoms with Crippen LogP contribution in [0.2, 0.25) is 0 Å². The summed E-state index contributed by atoms with van der Waals surface area (Å²) in [6.07, 6.45) is 1.62. The molecule has 1 fully saturated rings. The van der Waals surface area contributed by atoms with E-state index in [1.807, 2.05) is 9.80 Å². The predicted molar refractivity (Wildman–Crippen MR) is 97.8 cm³/mol. The van der Waals surface area contributed by atoms with E-state index in [1.165, 1.54) is 12.1 Å². The average Bonchev–Trinajstić information content (AvgIpc) is 2.63. The average molecular weight is 382 g/mol. The maximum atomic E-state index is 12.4. The molecule has 0 aliphatic carbocycles. The molecule has 0 saturated carbocycles. The lowest BCUT2D eigenvalue weighted by Crippen LogP contribution is -2.51. The van der Waals surface area contributed by atoms with Gasteiger partial charge in [0.2, 0.25) is 11.8 Å². The van der Waals surface area contributed by atoms with Gasteiger partial charge in [-0.3, -0.25) is 19.4 Å². The molecule has 148 valence electrons. The Labute approximate surface area is 157 Å². The minimum atomic E-state index is -2.96. The lowest BCUT2D eigenvalue weighted by atomic mass is 10.2. The summed E-state index contributed by atoms with van der Waals surface area (Å²) in [5.41, 5.74) is 0.209. The number of alkyl halides is 2. The topological polar surface area (TPSA) is 73.9 Å². The molecule has 1 saturated heterocycles. The van der Waals surface area contributed by atoms with E-state index >= 15 is 0 Å². The lowest BCUT2D eigenvalue weighted by Gasteiger charge is -2.33. The van der Waals surface area contributed by atoms with Crippen molar-refractivity contribution in [1.29, 1.82) is 0 Å². The van der Waals surface area contributed by atoms with E-state index in [0.29, 0.717) is 39.3 Å². The second-order valence-electron chi connectivity index (χ2n) is 6.07. The summed E-state index contributed by atoms with van der Waals surface area (Å²) in [4.78, 5) is 27.9. The van der Waals surface area contributed by atoms with Gasteiger partial charge in [0.15, 0.2) is 0 Å². The van der Waals surface area contributed by atoms with Gasteiger partial charge in [-0.2, -0.15) is 8.78 Å². The molecule has 2 rings (SSSR count). The fraction of sp³-hybridized carbons (Fsp3) is 0.444. The first-order valence-electron chi connectivity index (χ1n) is 8.64. The predicted octanol–water partition coefficient (Wildman–Crippen LogP) is 1.15. The Bertz CT molecular complexity index is 649. The van der Waals surface area contributed by atoms with E-state index in [4.69, 9.17) is 0 Å². The third-order valence-corrected chi connectivity index (χ3v) is 4.02. The number of nitrogens with zero attached hydrogens (tertiary/aromatic N) is 2. The fourth-order valence-electron chi connectivity index (χ4n) is 2.71. The summed E-state index contributed by atoms with van der Waals surface area (Å²) in [6, 6.07) is 6.06. The van der Waals surface area contributed by atoms with Crippen LogP contribution in [-0.2, 0) is 9.59 Å². The zero-order valence-electron chi connectivity index (χ0n) is 15.0. The first kappa shape index (κ1) is 20.8. The number of carbonyl (C=O) groups is 2. The number of nitrogens with one attached hydrogen (secondary N) is 2. The van der Waals surface area contributed by atoms with Gasteiger partial charge in [0.25, 0.3) is 0 Å². The highest BCUT2D eigenvalue weighted by Crippen LogP contribution is 2.25. The van der Waals surface area contributed by atoms with Gasteiger partial charge < -0.3 is 15.4 Å². The third kappa shape index (κ3) is 7.32. The van der Waals surface area contributed by atoms with Gasteiger partial charge >= 0.3 is 6.61 Å². The molecule has 0 radical (unpaired) electrons. The SMILES string of the molecule is C=CCNC(=O)CN1CCN(CC(=O)Nc2ccccc2OC(F)F)CC1. The Morgan fingerprint density at radius 3 is 2.30 bits per heavy atom. The van der Waals surface area contributed by atoms with Crippen LogP contribution in [0.5, 0.6) is 5.75 Å². The summed E-state index contributed by atoms with van der Waals surface area (Å²) in [6.45, 7) is 4.09. The first-order valence-corrected chi connectivity index (χ1v) is 8.64. The molecular formula is C18H24F2N4O3. The summed E-state index contributed by atoms with van der Waals surface area (Å²) in [7, 11) is 0. The maximum absolute atomic E-state index is 12.4. The van der Waals surface area contributed by atoms with Crippen molar-refractivity contribution in [2.45, 2.75) is 6.61 Å². The normalized spacial score (nSPS) is 15.4. The van der Waals surface area contributed by atoms with Crippen LogP contribution >= 0.6 is 0 Å². The number of hydrogen-bond donors (Lipinski definition) is 2. The van der Waals surface area contributed by atoms with Crippen LogP contribution in [0.3, 0.4) is 0 Å². The van der Waals surface area contributed by atoms with Crippen molar-refractivity contribution in [1.82, 2.24) is 15.1 Å². The summed E-state index contributed by atoms with van der Waals surface area (Å²) in [5.74, 6) is -0.439. The molecule has 1 aliphatic heterocycles. The zero-order valence-corrected chi connectivity index (χ0v) is 15.0. The van der Waals surface area contributed by atoms with Gasteiger partial charge in [0.05, 0.1) is 18.8 Å². The molecule has 0 bridgehead atoms. The Kier molecular flexibility index (Phi) is 8.15. The van der Waals surface area contributed by atoms with E-state index in [-0.39, 0.29) is 29.8 Å². The number of hydrogen-bond acceptors (Lipinski definition) is 5. The Balaban J connectivity index is 1.76. The highest BCUT2D eigenvalue weighted by atomic mass is 19.3. The molecule has 9 heteroatoms. The van der Waals surface area contributed by atoms with Crippen molar-refractivity contribution in [3.05, 3.63) is 36.9 Å². The van der Waals surface area contributed by atoms with E-state index < -0.39 is 6.61 Å². The van der Waals surface area contributed by atoms with Crippen LogP contribution in [0.15, 0.2) is 36.9 Å². The largest absolute Gasteiger partial charge is 0.433 e. The van der Waals surface area contributed by atoms with E-state index in [0.717, 1.165) is 0 Å². The maximum Gasteiger partial charge on any atom is 0.387 e. The molecule has 1 heterocycles. The molecule has 27 heavy (non-hydrogen) atoms. The minimum Gasteiger partial charge on any atom is -0.433 e. The van der Waals surface area contributed by atoms with Crippen LogP contribution in [0, 0.1) is 0 Å². The van der Waals surface area contributed by atoms with Crippen molar-refractivity contribution >= 4 is 17.5 Å². The van der Waals surface area contributed by atoms with Crippen LogP contribution in [-0.4, -0.2) is 74.0 Å². The fourth-order valence-corrected chi connectivity index (χ4v) is 2.71. The number of carbonyl (C=O) groups excluding carboxylic acids is 2. The Morgan fingerprint density at radius 1 is 1.11 bits per heavy atom. The van der Waals surface area contributed by atoms with Gasteiger partial charge in [-0.25, -0.2) is 0 Å². The van der Waals surface area contributed by atoms with Crippen LogP contribution < -0.4 is 15.4 Å². The van der Waals surface area contributed by atoms with Gasteiger partial charge in [0, 0.05) is 32.7 Å². The molecule has 2 amide bonds. The molecular weight excluding hydrogens is 358 g/mol. The van der Waals surface area contributed by atoms with Crippen LogP contribution in [0.4, 0.5) is 14.5 Å². The van der Waals surface area contributed by atoms with Crippen molar-refractivity contribution < 1.29 is 23.1 Å². The number of amides is 2. The number of piperazine rings is 1. The van der Waals surface area contributed by atoms with Gasteiger partial charge in [-0.05, 0) is 12.1 Å². The molecule has 0 atom stereocenters. The molecule has 1 aromatic rings. The number of para-hydroxylation sites is 2. The van der Waals surface area contributed by atoms with Gasteiger partial charge in [-0.15, -0.1) is 6.58 Å². The highest BCUT2D eigenvalue weighted by Gasteiger charge is 2.21.